The van der Waals surface area contributed by atoms with Crippen LogP contribution < -0.4 is 0 Å². The normalized spacial score (nSPS) is 9.65. The Balaban J connectivity index is 0.000000686. The fraction of sp³-hybridized carbons (Fsp3) is 0.357. The van der Waals surface area contributed by atoms with Crippen molar-refractivity contribution in [3.05, 3.63) is 41.7 Å². The number of pyridine rings is 1. The number of carbonyl (C=O) groups is 1. The number of aromatic nitrogens is 1. The number of nitrogens with zero attached hydrogens (tertiary/aromatic N) is 1. The number of carbonyl (C=O) groups excluding carboxylic acids is 1. The summed E-state index contributed by atoms with van der Waals surface area (Å²) in [5, 5.41) is 0. The molecule has 0 saturated heterocycles. The highest BCUT2D eigenvalue weighted by Crippen LogP contribution is 2.16. The fourth-order valence-electron chi connectivity index (χ4n) is 1.68. The Bertz CT molecular complexity index is 500. The van der Waals surface area contributed by atoms with Gasteiger partial charge in [0, 0.05) is 17.4 Å². The van der Waals surface area contributed by atoms with Crippen LogP contribution in [0.5, 0.6) is 0 Å². The molecule has 0 bridgehead atoms. The summed E-state index contributed by atoms with van der Waals surface area (Å²) in [5.41, 5.74) is 2.57. The molecule has 0 fully saturated rings. The number of hydrogen-bond acceptors (Lipinski definition) is 2. The number of esters is 1. The van der Waals surface area contributed by atoms with Crippen LogP contribution in [0.1, 0.15) is 36.8 Å². The van der Waals surface area contributed by atoms with Gasteiger partial charge < -0.3 is 9.14 Å². The molecule has 92 valence electrons. The highest BCUT2D eigenvalue weighted by molar-refractivity contribution is 5.92. The van der Waals surface area contributed by atoms with Crippen LogP contribution >= 0.6 is 0 Å². The number of ether oxygens (including phenoxy) is 1. The van der Waals surface area contributed by atoms with Crippen LogP contribution in [0.4, 0.5) is 0 Å². The predicted octanol–water partition coefficient (Wildman–Crippen LogP) is 3.45. The highest BCUT2D eigenvalue weighted by Gasteiger charge is 2.13. The van der Waals surface area contributed by atoms with Gasteiger partial charge in [0.15, 0.2) is 0 Å². The van der Waals surface area contributed by atoms with Crippen molar-refractivity contribution in [2.75, 3.05) is 6.61 Å². The molecule has 0 aliphatic heterocycles. The van der Waals surface area contributed by atoms with E-state index in [1.165, 1.54) is 0 Å². The predicted molar refractivity (Wildman–Crippen MR) is 69.4 cm³/mol. The Kier molecular flexibility index (Phi) is 4.76. The molecular formula is C14H19NO2. The maximum atomic E-state index is 11.6. The van der Waals surface area contributed by atoms with Crippen LogP contribution in [-0.4, -0.2) is 17.0 Å². The quantitative estimate of drug-likeness (QED) is 0.744. The maximum Gasteiger partial charge on any atom is 0.339 e. The Hall–Kier alpha value is -1.77. The van der Waals surface area contributed by atoms with Crippen molar-refractivity contribution in [1.29, 1.82) is 0 Å². The van der Waals surface area contributed by atoms with E-state index in [2.05, 4.69) is 0 Å². The molecule has 0 aliphatic rings. The fourth-order valence-corrected chi connectivity index (χ4v) is 1.68. The van der Waals surface area contributed by atoms with E-state index in [1.54, 1.807) is 0 Å². The van der Waals surface area contributed by atoms with Gasteiger partial charge in [-0.15, -0.1) is 0 Å². The van der Waals surface area contributed by atoms with Crippen molar-refractivity contribution in [3.63, 3.8) is 0 Å². The van der Waals surface area contributed by atoms with Crippen LogP contribution in [0.3, 0.4) is 0 Å². The van der Waals surface area contributed by atoms with Gasteiger partial charge in [-0.3, -0.25) is 0 Å². The van der Waals surface area contributed by atoms with E-state index in [1.807, 2.05) is 62.6 Å². The maximum absolute atomic E-state index is 11.6. The molecule has 3 nitrogen and oxygen atoms in total. The topological polar surface area (TPSA) is 30.7 Å². The SMILES string of the molecule is CC.CCOC(=O)c1cc2ccccn2c1C. The molecule has 0 aromatic carbocycles. The Labute approximate surface area is 102 Å². The van der Waals surface area contributed by atoms with Crippen molar-refractivity contribution in [2.45, 2.75) is 27.7 Å². The first kappa shape index (κ1) is 13.3. The molecule has 17 heavy (non-hydrogen) atoms. The third-order valence-corrected chi connectivity index (χ3v) is 2.43. The molecule has 3 heteroatoms. The Morgan fingerprint density at radius 1 is 1.35 bits per heavy atom. The lowest BCUT2D eigenvalue weighted by Gasteiger charge is -2.00. The standard InChI is InChI=1S/C12H13NO2.C2H6/c1-3-15-12(14)11-8-10-6-4-5-7-13(10)9(11)2;1-2/h4-8H,3H2,1-2H3;1-2H3. The molecular weight excluding hydrogens is 214 g/mol. The molecule has 2 aromatic heterocycles. The van der Waals surface area contributed by atoms with Gasteiger partial charge in [0.2, 0.25) is 0 Å². The summed E-state index contributed by atoms with van der Waals surface area (Å²) in [5.74, 6) is -0.251. The van der Waals surface area contributed by atoms with E-state index in [9.17, 15) is 4.79 Å². The van der Waals surface area contributed by atoms with E-state index in [0.717, 1.165) is 11.2 Å². The molecule has 0 atom stereocenters. The summed E-state index contributed by atoms with van der Waals surface area (Å²) >= 11 is 0. The van der Waals surface area contributed by atoms with Crippen LogP contribution in [0, 0.1) is 6.92 Å². The summed E-state index contributed by atoms with van der Waals surface area (Å²) in [6, 6.07) is 7.71. The van der Waals surface area contributed by atoms with E-state index in [0.29, 0.717) is 12.2 Å². The lowest BCUT2D eigenvalue weighted by Crippen LogP contribution is -2.05. The van der Waals surface area contributed by atoms with Crippen molar-refractivity contribution in [2.24, 2.45) is 0 Å². The van der Waals surface area contributed by atoms with Gasteiger partial charge in [0.05, 0.1) is 12.2 Å². The van der Waals surface area contributed by atoms with Gasteiger partial charge in [-0.1, -0.05) is 19.9 Å². The molecule has 0 amide bonds. The van der Waals surface area contributed by atoms with Crippen molar-refractivity contribution < 1.29 is 9.53 Å². The second kappa shape index (κ2) is 6.09. The zero-order chi connectivity index (χ0) is 12.8. The average Bonchev–Trinajstić information content (AvgIpc) is 2.70. The van der Waals surface area contributed by atoms with Crippen LogP contribution in [0.2, 0.25) is 0 Å². The third-order valence-electron chi connectivity index (χ3n) is 2.43. The van der Waals surface area contributed by atoms with E-state index in [4.69, 9.17) is 4.74 Å². The first-order chi connectivity index (χ1) is 8.24. The monoisotopic (exact) mass is 233 g/mol. The minimum atomic E-state index is -0.251. The number of fused-ring (bicyclic) bond motifs is 1. The van der Waals surface area contributed by atoms with Crippen molar-refractivity contribution in [3.8, 4) is 0 Å². The molecule has 0 radical (unpaired) electrons. The minimum absolute atomic E-state index is 0.251. The van der Waals surface area contributed by atoms with Gasteiger partial charge in [-0.2, -0.15) is 0 Å². The summed E-state index contributed by atoms with van der Waals surface area (Å²) in [6.45, 7) is 8.13. The van der Waals surface area contributed by atoms with Crippen LogP contribution in [-0.2, 0) is 4.74 Å². The largest absolute Gasteiger partial charge is 0.462 e. The first-order valence-corrected chi connectivity index (χ1v) is 5.98. The molecule has 0 saturated carbocycles. The van der Waals surface area contributed by atoms with Crippen LogP contribution in [0.15, 0.2) is 30.5 Å². The summed E-state index contributed by atoms with van der Waals surface area (Å²) in [4.78, 5) is 11.6. The minimum Gasteiger partial charge on any atom is -0.462 e. The third kappa shape index (κ3) is 2.67. The van der Waals surface area contributed by atoms with Crippen LogP contribution in [0.25, 0.3) is 5.52 Å². The highest BCUT2D eigenvalue weighted by atomic mass is 16.5. The smallest absolute Gasteiger partial charge is 0.339 e. The van der Waals surface area contributed by atoms with Gasteiger partial charge in [0.25, 0.3) is 0 Å². The molecule has 0 spiro atoms. The zero-order valence-electron chi connectivity index (χ0n) is 10.9. The van der Waals surface area contributed by atoms with Crippen molar-refractivity contribution in [1.82, 2.24) is 4.40 Å². The number of rotatable bonds is 2. The van der Waals surface area contributed by atoms with Gasteiger partial charge in [-0.25, -0.2) is 4.79 Å². The summed E-state index contributed by atoms with van der Waals surface area (Å²) in [7, 11) is 0. The Morgan fingerprint density at radius 2 is 2.06 bits per heavy atom. The summed E-state index contributed by atoms with van der Waals surface area (Å²) in [6.07, 6.45) is 1.94. The van der Waals surface area contributed by atoms with Gasteiger partial charge >= 0.3 is 5.97 Å². The molecule has 2 aromatic rings. The van der Waals surface area contributed by atoms with E-state index < -0.39 is 0 Å². The zero-order valence-corrected chi connectivity index (χ0v) is 10.9. The second-order valence-corrected chi connectivity index (χ2v) is 3.36. The summed E-state index contributed by atoms with van der Waals surface area (Å²) < 4.78 is 6.96. The van der Waals surface area contributed by atoms with E-state index >= 15 is 0 Å². The molecule has 0 unspecified atom stereocenters. The first-order valence-electron chi connectivity index (χ1n) is 5.98. The number of aryl methyl sites for hydroxylation is 1. The lowest BCUT2D eigenvalue weighted by molar-refractivity contribution is 0.0525. The van der Waals surface area contributed by atoms with Crippen molar-refractivity contribution >= 4 is 11.5 Å². The lowest BCUT2D eigenvalue weighted by atomic mass is 10.2. The molecule has 2 heterocycles. The average molecular weight is 233 g/mol. The van der Waals surface area contributed by atoms with Gasteiger partial charge in [0.1, 0.15) is 0 Å². The molecule has 0 aliphatic carbocycles. The molecule has 2 rings (SSSR count). The van der Waals surface area contributed by atoms with Gasteiger partial charge in [-0.05, 0) is 32.0 Å². The Morgan fingerprint density at radius 3 is 2.65 bits per heavy atom. The number of hydrogen-bond donors (Lipinski definition) is 0. The van der Waals surface area contributed by atoms with E-state index in [-0.39, 0.29) is 5.97 Å². The second-order valence-electron chi connectivity index (χ2n) is 3.36. The molecule has 0 N–H and O–H groups in total.